The third-order valence-electron chi connectivity index (χ3n) is 3.73. The van der Waals surface area contributed by atoms with Gasteiger partial charge in [-0.3, -0.25) is 0 Å². The molecule has 0 bridgehead atoms. The van der Waals surface area contributed by atoms with E-state index >= 15 is 0 Å². The zero-order valence-electron chi connectivity index (χ0n) is 12.7. The highest BCUT2D eigenvalue weighted by molar-refractivity contribution is 7.15. The molecule has 112 valence electrons. The van der Waals surface area contributed by atoms with Crippen molar-refractivity contribution in [2.45, 2.75) is 45.2 Å². The van der Waals surface area contributed by atoms with Gasteiger partial charge in [0.1, 0.15) is 10.8 Å². The molecule has 1 aliphatic rings. The average molecular weight is 302 g/mol. The molecule has 0 saturated heterocycles. The number of thiazole rings is 1. The summed E-state index contributed by atoms with van der Waals surface area (Å²) in [6.07, 6.45) is 4.86. The number of hydrogen-bond acceptors (Lipinski definition) is 4. The van der Waals surface area contributed by atoms with Gasteiger partial charge in [-0.05, 0) is 43.5 Å². The molecule has 1 N–H and O–H groups in total. The van der Waals surface area contributed by atoms with Gasteiger partial charge in [0.2, 0.25) is 0 Å². The van der Waals surface area contributed by atoms with Crippen LogP contribution in [0.25, 0.3) is 10.6 Å². The van der Waals surface area contributed by atoms with Gasteiger partial charge in [-0.15, -0.1) is 11.3 Å². The minimum atomic E-state index is 0.742. The van der Waals surface area contributed by atoms with Crippen molar-refractivity contribution in [1.82, 2.24) is 10.3 Å². The summed E-state index contributed by atoms with van der Waals surface area (Å²) < 4.78 is 5.22. The molecule has 1 aromatic carbocycles. The summed E-state index contributed by atoms with van der Waals surface area (Å²) in [4.78, 5) is 6.26. The summed E-state index contributed by atoms with van der Waals surface area (Å²) in [7, 11) is 1.69. The predicted molar refractivity (Wildman–Crippen MR) is 88.0 cm³/mol. The second-order valence-electron chi connectivity index (χ2n) is 5.52. The van der Waals surface area contributed by atoms with Crippen molar-refractivity contribution < 1.29 is 4.74 Å². The summed E-state index contributed by atoms with van der Waals surface area (Å²) in [6, 6.07) is 8.92. The van der Waals surface area contributed by atoms with Crippen molar-refractivity contribution in [3.05, 3.63) is 34.8 Å². The number of hydrogen-bond donors (Lipinski definition) is 1. The van der Waals surface area contributed by atoms with Crippen LogP contribution in [-0.4, -0.2) is 18.1 Å². The van der Waals surface area contributed by atoms with Gasteiger partial charge in [0, 0.05) is 23.0 Å². The fourth-order valence-electron chi connectivity index (χ4n) is 2.34. The van der Waals surface area contributed by atoms with Crippen LogP contribution in [0, 0.1) is 0 Å². The normalized spacial score (nSPS) is 14.4. The van der Waals surface area contributed by atoms with Crippen molar-refractivity contribution in [3.8, 4) is 16.3 Å². The van der Waals surface area contributed by atoms with Gasteiger partial charge in [0.25, 0.3) is 0 Å². The van der Waals surface area contributed by atoms with Gasteiger partial charge in [-0.2, -0.15) is 0 Å². The van der Waals surface area contributed by atoms with E-state index in [2.05, 4.69) is 24.4 Å². The van der Waals surface area contributed by atoms with Crippen LogP contribution in [-0.2, 0) is 13.0 Å². The van der Waals surface area contributed by atoms with E-state index in [1.807, 2.05) is 23.5 Å². The van der Waals surface area contributed by atoms with E-state index in [1.54, 1.807) is 7.11 Å². The lowest BCUT2D eigenvalue weighted by molar-refractivity contribution is 0.415. The molecule has 1 aromatic heterocycles. The first-order valence-corrected chi connectivity index (χ1v) is 8.48. The summed E-state index contributed by atoms with van der Waals surface area (Å²) >= 11 is 1.82. The first kappa shape index (κ1) is 14.5. The molecule has 3 rings (SSSR count). The number of ether oxygens (including phenoxy) is 1. The van der Waals surface area contributed by atoms with Gasteiger partial charge >= 0.3 is 0 Å². The molecule has 0 atom stereocenters. The highest BCUT2D eigenvalue weighted by atomic mass is 32.1. The van der Waals surface area contributed by atoms with Crippen LogP contribution in [0.5, 0.6) is 5.75 Å². The van der Waals surface area contributed by atoms with Crippen LogP contribution in [0.1, 0.15) is 36.8 Å². The third-order valence-corrected chi connectivity index (χ3v) is 4.88. The first-order chi connectivity index (χ1) is 10.3. The molecule has 0 amide bonds. The van der Waals surface area contributed by atoms with Crippen molar-refractivity contribution in [1.29, 1.82) is 0 Å². The number of benzene rings is 1. The van der Waals surface area contributed by atoms with Gasteiger partial charge < -0.3 is 10.1 Å². The van der Waals surface area contributed by atoms with Gasteiger partial charge in [-0.25, -0.2) is 4.98 Å². The largest absolute Gasteiger partial charge is 0.497 e. The number of nitrogens with one attached hydrogen (secondary N) is 1. The maximum Gasteiger partial charge on any atom is 0.123 e. The number of nitrogens with zero attached hydrogens (tertiary/aromatic N) is 1. The summed E-state index contributed by atoms with van der Waals surface area (Å²) in [5.41, 5.74) is 2.44. The first-order valence-electron chi connectivity index (χ1n) is 7.66. The second kappa shape index (κ2) is 6.58. The molecule has 0 radical (unpaired) electrons. The molecular weight excluding hydrogens is 280 g/mol. The Hall–Kier alpha value is -1.39. The molecular formula is C17H22N2OS. The number of methoxy groups -OCH3 is 1. The third kappa shape index (κ3) is 3.63. The monoisotopic (exact) mass is 302 g/mol. The van der Waals surface area contributed by atoms with E-state index in [0.29, 0.717) is 0 Å². The highest BCUT2D eigenvalue weighted by Crippen LogP contribution is 2.31. The highest BCUT2D eigenvalue weighted by Gasteiger charge is 2.21. The molecule has 1 fully saturated rings. The molecule has 0 aliphatic heterocycles. The molecule has 1 saturated carbocycles. The fraction of sp³-hybridized carbons (Fsp3) is 0.471. The Balaban J connectivity index is 1.80. The predicted octanol–water partition coefficient (Wildman–Crippen LogP) is 4.02. The van der Waals surface area contributed by atoms with Crippen molar-refractivity contribution >= 4 is 11.3 Å². The number of aromatic nitrogens is 1. The lowest BCUT2D eigenvalue weighted by atomic mass is 10.2. The molecule has 3 nitrogen and oxygen atoms in total. The van der Waals surface area contributed by atoms with E-state index in [4.69, 9.17) is 9.72 Å². The van der Waals surface area contributed by atoms with E-state index in [1.165, 1.54) is 29.0 Å². The molecule has 2 aromatic rings. The minimum Gasteiger partial charge on any atom is -0.497 e. The van der Waals surface area contributed by atoms with Crippen LogP contribution in [0.4, 0.5) is 0 Å². The maximum absolute atomic E-state index is 5.22. The molecule has 1 heterocycles. The van der Waals surface area contributed by atoms with Crippen LogP contribution in [0.2, 0.25) is 0 Å². The Morgan fingerprint density at radius 3 is 2.67 bits per heavy atom. The molecule has 0 spiro atoms. The summed E-state index contributed by atoms with van der Waals surface area (Å²) in [6.45, 7) is 3.18. The van der Waals surface area contributed by atoms with E-state index in [9.17, 15) is 0 Å². The second-order valence-corrected chi connectivity index (χ2v) is 6.61. The Bertz CT molecular complexity index is 587. The summed E-state index contributed by atoms with van der Waals surface area (Å²) in [5.74, 6) is 0.889. The van der Waals surface area contributed by atoms with Crippen molar-refractivity contribution in [2.75, 3.05) is 7.11 Å². The van der Waals surface area contributed by atoms with Crippen LogP contribution in [0.3, 0.4) is 0 Å². The minimum absolute atomic E-state index is 0.742. The number of rotatable bonds is 7. The Labute approximate surface area is 130 Å². The SMILES string of the molecule is CCCc1nc(-c2ccc(OC)cc2)sc1CNC1CC1. The molecule has 0 unspecified atom stereocenters. The lowest BCUT2D eigenvalue weighted by Gasteiger charge is -2.01. The smallest absolute Gasteiger partial charge is 0.123 e. The molecule has 21 heavy (non-hydrogen) atoms. The zero-order valence-corrected chi connectivity index (χ0v) is 13.5. The van der Waals surface area contributed by atoms with E-state index in [-0.39, 0.29) is 0 Å². The Morgan fingerprint density at radius 2 is 2.05 bits per heavy atom. The van der Waals surface area contributed by atoms with Crippen LogP contribution < -0.4 is 10.1 Å². The Kier molecular flexibility index (Phi) is 4.56. The lowest BCUT2D eigenvalue weighted by Crippen LogP contribution is -2.15. The maximum atomic E-state index is 5.22. The molecule has 1 aliphatic carbocycles. The Morgan fingerprint density at radius 1 is 1.29 bits per heavy atom. The van der Waals surface area contributed by atoms with Gasteiger partial charge in [0.05, 0.1) is 12.8 Å². The van der Waals surface area contributed by atoms with E-state index < -0.39 is 0 Å². The van der Waals surface area contributed by atoms with Crippen molar-refractivity contribution in [2.24, 2.45) is 0 Å². The van der Waals surface area contributed by atoms with Crippen LogP contribution >= 0.6 is 11.3 Å². The standard InChI is InChI=1S/C17H22N2OS/c1-3-4-15-16(11-18-13-7-8-13)21-17(19-15)12-5-9-14(20-2)10-6-12/h5-6,9-10,13,18H,3-4,7-8,11H2,1-2H3. The zero-order chi connectivity index (χ0) is 14.7. The topological polar surface area (TPSA) is 34.1 Å². The average Bonchev–Trinajstić information content (AvgIpc) is 3.27. The quantitative estimate of drug-likeness (QED) is 0.838. The van der Waals surface area contributed by atoms with E-state index in [0.717, 1.165) is 36.2 Å². The summed E-state index contributed by atoms with van der Waals surface area (Å²) in [5, 5.41) is 4.72. The van der Waals surface area contributed by atoms with Gasteiger partial charge in [0.15, 0.2) is 0 Å². The van der Waals surface area contributed by atoms with Crippen molar-refractivity contribution in [3.63, 3.8) is 0 Å². The molecule has 4 heteroatoms. The van der Waals surface area contributed by atoms with Gasteiger partial charge in [-0.1, -0.05) is 13.3 Å². The van der Waals surface area contributed by atoms with Crippen LogP contribution in [0.15, 0.2) is 24.3 Å². The number of aryl methyl sites for hydroxylation is 1. The fourth-order valence-corrected chi connectivity index (χ4v) is 3.40.